The largest absolute Gasteiger partial charge is 0.497 e. The first kappa shape index (κ1) is 19.4. The molecule has 0 atom stereocenters. The first-order valence-electron chi connectivity index (χ1n) is 9.56. The predicted molar refractivity (Wildman–Crippen MR) is 113 cm³/mol. The van der Waals surface area contributed by atoms with Gasteiger partial charge in [0.05, 0.1) is 41.7 Å². The van der Waals surface area contributed by atoms with E-state index in [-0.39, 0.29) is 23.5 Å². The van der Waals surface area contributed by atoms with Crippen molar-refractivity contribution in [2.75, 3.05) is 13.7 Å². The zero-order valence-electron chi connectivity index (χ0n) is 16.7. The Hall–Kier alpha value is -3.93. The molecule has 150 valence electrons. The standard InChI is InChI=1S/C24H20N2O4/c1-3-30-24(28)20-19-9-5-7-15-26(19)22(18-8-4-6-14-25-18)21(20)23(27)16-10-12-17(29-2)13-11-16/h4-15H,3H2,1-2H3. The lowest BCUT2D eigenvalue weighted by molar-refractivity contribution is 0.0526. The van der Waals surface area contributed by atoms with Crippen molar-refractivity contribution in [3.63, 3.8) is 0 Å². The Kier molecular flexibility index (Phi) is 5.30. The Morgan fingerprint density at radius 2 is 1.73 bits per heavy atom. The fourth-order valence-electron chi connectivity index (χ4n) is 3.48. The van der Waals surface area contributed by atoms with Crippen molar-refractivity contribution in [1.29, 1.82) is 0 Å². The maximum absolute atomic E-state index is 13.6. The van der Waals surface area contributed by atoms with Crippen LogP contribution in [0.1, 0.15) is 33.2 Å². The van der Waals surface area contributed by atoms with Gasteiger partial charge in [0.25, 0.3) is 0 Å². The van der Waals surface area contributed by atoms with E-state index in [4.69, 9.17) is 9.47 Å². The lowest BCUT2D eigenvalue weighted by atomic mass is 9.97. The number of ether oxygens (including phenoxy) is 2. The highest BCUT2D eigenvalue weighted by Gasteiger charge is 2.30. The number of fused-ring (bicyclic) bond motifs is 1. The average molecular weight is 400 g/mol. The third-order valence-electron chi connectivity index (χ3n) is 4.81. The average Bonchev–Trinajstić information content (AvgIpc) is 3.14. The molecule has 6 nitrogen and oxygen atoms in total. The predicted octanol–water partition coefficient (Wildman–Crippen LogP) is 4.42. The monoisotopic (exact) mass is 400 g/mol. The van der Waals surface area contributed by atoms with E-state index in [1.54, 1.807) is 56.6 Å². The molecule has 0 amide bonds. The molecular formula is C24H20N2O4. The molecule has 0 aliphatic rings. The van der Waals surface area contributed by atoms with Gasteiger partial charge in [-0.15, -0.1) is 0 Å². The number of hydrogen-bond donors (Lipinski definition) is 0. The molecule has 0 aliphatic carbocycles. The number of carbonyl (C=O) groups excluding carboxylic acids is 2. The smallest absolute Gasteiger partial charge is 0.341 e. The number of benzene rings is 1. The SMILES string of the molecule is CCOC(=O)c1c(C(=O)c2ccc(OC)cc2)c(-c2ccccn2)n2ccccc12. The van der Waals surface area contributed by atoms with Crippen LogP contribution in [0.4, 0.5) is 0 Å². The number of aromatic nitrogens is 2. The van der Waals surface area contributed by atoms with Crippen LogP contribution in [-0.4, -0.2) is 34.9 Å². The van der Waals surface area contributed by atoms with Crippen LogP contribution in [0.15, 0.2) is 73.1 Å². The van der Waals surface area contributed by atoms with E-state index < -0.39 is 5.97 Å². The minimum Gasteiger partial charge on any atom is -0.497 e. The van der Waals surface area contributed by atoms with Crippen LogP contribution < -0.4 is 4.74 Å². The molecule has 4 rings (SSSR count). The summed E-state index contributed by atoms with van der Waals surface area (Å²) in [6.45, 7) is 1.94. The molecule has 0 radical (unpaired) electrons. The fourth-order valence-corrected chi connectivity index (χ4v) is 3.48. The first-order chi connectivity index (χ1) is 14.7. The van der Waals surface area contributed by atoms with Crippen LogP contribution in [0, 0.1) is 0 Å². The van der Waals surface area contributed by atoms with Gasteiger partial charge in [0.2, 0.25) is 0 Å². The van der Waals surface area contributed by atoms with Gasteiger partial charge in [-0.25, -0.2) is 4.79 Å². The Morgan fingerprint density at radius 3 is 2.40 bits per heavy atom. The van der Waals surface area contributed by atoms with Crippen LogP contribution in [0.5, 0.6) is 5.75 Å². The maximum atomic E-state index is 13.6. The third kappa shape index (κ3) is 3.33. The summed E-state index contributed by atoms with van der Waals surface area (Å²) in [7, 11) is 1.56. The molecule has 6 heteroatoms. The highest BCUT2D eigenvalue weighted by molar-refractivity contribution is 6.20. The van der Waals surface area contributed by atoms with Crippen molar-refractivity contribution in [2.24, 2.45) is 0 Å². The number of pyridine rings is 2. The summed E-state index contributed by atoms with van der Waals surface area (Å²) in [5.74, 6) is -0.186. The minimum atomic E-state index is -0.541. The summed E-state index contributed by atoms with van der Waals surface area (Å²) in [4.78, 5) is 31.0. The third-order valence-corrected chi connectivity index (χ3v) is 4.81. The van der Waals surface area contributed by atoms with E-state index in [0.717, 1.165) is 0 Å². The highest BCUT2D eigenvalue weighted by atomic mass is 16.5. The van der Waals surface area contributed by atoms with Crippen LogP contribution in [0.25, 0.3) is 16.9 Å². The summed E-state index contributed by atoms with van der Waals surface area (Å²) in [6.07, 6.45) is 3.47. The van der Waals surface area contributed by atoms with Gasteiger partial charge in [-0.3, -0.25) is 9.78 Å². The van der Waals surface area contributed by atoms with E-state index in [2.05, 4.69) is 4.98 Å². The van der Waals surface area contributed by atoms with E-state index in [0.29, 0.717) is 28.2 Å². The molecule has 3 heterocycles. The van der Waals surface area contributed by atoms with E-state index in [1.807, 2.05) is 34.9 Å². The van der Waals surface area contributed by atoms with Crippen molar-refractivity contribution < 1.29 is 19.1 Å². The normalized spacial score (nSPS) is 10.7. The summed E-state index contributed by atoms with van der Waals surface area (Å²) in [5.41, 5.74) is 2.67. The Labute approximate surface area is 173 Å². The zero-order chi connectivity index (χ0) is 21.1. The summed E-state index contributed by atoms with van der Waals surface area (Å²) in [5, 5.41) is 0. The molecule has 30 heavy (non-hydrogen) atoms. The van der Waals surface area contributed by atoms with Gasteiger partial charge in [-0.1, -0.05) is 12.1 Å². The first-order valence-corrected chi connectivity index (χ1v) is 9.56. The molecule has 0 unspecified atom stereocenters. The molecule has 0 fully saturated rings. The second-order valence-corrected chi connectivity index (χ2v) is 6.55. The van der Waals surface area contributed by atoms with Crippen LogP contribution in [-0.2, 0) is 4.74 Å². The molecule has 3 aromatic heterocycles. The minimum absolute atomic E-state index is 0.206. The van der Waals surface area contributed by atoms with Crippen LogP contribution in [0.3, 0.4) is 0 Å². The number of rotatable bonds is 6. The van der Waals surface area contributed by atoms with Gasteiger partial charge in [0.1, 0.15) is 5.75 Å². The number of methoxy groups -OCH3 is 1. The Bertz CT molecular complexity index is 1210. The number of esters is 1. The van der Waals surface area contributed by atoms with Crippen LogP contribution >= 0.6 is 0 Å². The second kappa shape index (κ2) is 8.21. The van der Waals surface area contributed by atoms with Crippen molar-refractivity contribution in [3.8, 4) is 17.1 Å². The molecule has 0 saturated heterocycles. The van der Waals surface area contributed by atoms with Crippen molar-refractivity contribution >= 4 is 17.3 Å². The van der Waals surface area contributed by atoms with Crippen molar-refractivity contribution in [1.82, 2.24) is 9.38 Å². The van der Waals surface area contributed by atoms with Gasteiger partial charge >= 0.3 is 5.97 Å². The molecule has 0 aliphatic heterocycles. The second-order valence-electron chi connectivity index (χ2n) is 6.55. The molecule has 0 spiro atoms. The van der Waals surface area contributed by atoms with Crippen molar-refractivity contribution in [2.45, 2.75) is 6.92 Å². The summed E-state index contributed by atoms with van der Waals surface area (Å²) < 4.78 is 12.3. The molecule has 0 saturated carbocycles. The topological polar surface area (TPSA) is 69.9 Å². The molecule has 4 aromatic rings. The Balaban J connectivity index is 2.03. The Morgan fingerprint density at radius 1 is 0.967 bits per heavy atom. The number of hydrogen-bond acceptors (Lipinski definition) is 5. The fraction of sp³-hybridized carbons (Fsp3) is 0.125. The maximum Gasteiger partial charge on any atom is 0.341 e. The van der Waals surface area contributed by atoms with Gasteiger partial charge in [0, 0.05) is 18.0 Å². The van der Waals surface area contributed by atoms with Gasteiger partial charge in [-0.05, 0) is 55.5 Å². The van der Waals surface area contributed by atoms with Crippen molar-refractivity contribution in [3.05, 3.63) is 89.7 Å². The lowest BCUT2D eigenvalue weighted by Gasteiger charge is -2.08. The molecule has 1 aromatic carbocycles. The lowest BCUT2D eigenvalue weighted by Crippen LogP contribution is -2.12. The molecular weight excluding hydrogens is 380 g/mol. The van der Waals surface area contributed by atoms with Gasteiger partial charge < -0.3 is 13.9 Å². The zero-order valence-corrected chi connectivity index (χ0v) is 16.7. The number of ketones is 1. The van der Waals surface area contributed by atoms with Crippen LogP contribution in [0.2, 0.25) is 0 Å². The highest BCUT2D eigenvalue weighted by Crippen LogP contribution is 2.33. The number of nitrogens with zero attached hydrogens (tertiary/aromatic N) is 2. The summed E-state index contributed by atoms with van der Waals surface area (Å²) in [6, 6.07) is 17.7. The van der Waals surface area contributed by atoms with Gasteiger partial charge in [-0.2, -0.15) is 0 Å². The molecule has 0 N–H and O–H groups in total. The van der Waals surface area contributed by atoms with E-state index in [1.165, 1.54) is 0 Å². The number of carbonyl (C=O) groups is 2. The van der Waals surface area contributed by atoms with Gasteiger partial charge in [0.15, 0.2) is 5.78 Å². The van der Waals surface area contributed by atoms with E-state index >= 15 is 0 Å². The van der Waals surface area contributed by atoms with E-state index in [9.17, 15) is 9.59 Å². The molecule has 0 bridgehead atoms. The summed E-state index contributed by atoms with van der Waals surface area (Å²) >= 11 is 0. The quantitative estimate of drug-likeness (QED) is 0.354.